The zero-order chi connectivity index (χ0) is 22.7. The van der Waals surface area contributed by atoms with Gasteiger partial charge in [0, 0.05) is 4.70 Å². The van der Waals surface area contributed by atoms with Crippen LogP contribution in [0.15, 0.2) is 54.4 Å². The smallest absolute Gasteiger partial charge is 0.262 e. The fourth-order valence-corrected chi connectivity index (χ4v) is 4.67. The molecule has 0 unspecified atom stereocenters. The summed E-state index contributed by atoms with van der Waals surface area (Å²) >= 11 is 1.40. The van der Waals surface area contributed by atoms with Crippen LogP contribution in [-0.4, -0.2) is 37.0 Å². The van der Waals surface area contributed by atoms with Crippen molar-refractivity contribution in [2.24, 2.45) is 5.92 Å². The number of rotatable bonds is 6. The summed E-state index contributed by atoms with van der Waals surface area (Å²) in [6.07, 6.45) is 1.60. The Hall–Kier alpha value is -3.23. The Bertz CT molecular complexity index is 1210. The SMILES string of the molecule is CC(C)C[C@H](NC(=O)c1cc2ccc3ccccc3c2s1)C(=O)NC1=COCOCC1=O. The second-order valence-corrected chi connectivity index (χ2v) is 9.10. The quantitative estimate of drug-likeness (QED) is 0.594. The molecular weight excluding hydrogens is 428 g/mol. The van der Waals surface area contributed by atoms with Crippen molar-refractivity contribution < 1.29 is 23.9 Å². The zero-order valence-corrected chi connectivity index (χ0v) is 18.7. The Kier molecular flexibility index (Phi) is 6.53. The molecule has 32 heavy (non-hydrogen) atoms. The second-order valence-electron chi connectivity index (χ2n) is 8.05. The molecule has 1 aliphatic rings. The maximum atomic E-state index is 13.1. The van der Waals surface area contributed by atoms with Crippen LogP contribution in [0, 0.1) is 5.92 Å². The minimum atomic E-state index is -0.803. The molecular formula is C24H24N2O5S. The predicted molar refractivity (Wildman–Crippen MR) is 123 cm³/mol. The summed E-state index contributed by atoms with van der Waals surface area (Å²) in [6.45, 7) is 3.69. The van der Waals surface area contributed by atoms with Crippen LogP contribution in [-0.2, 0) is 19.1 Å². The minimum Gasteiger partial charge on any atom is -0.473 e. The lowest BCUT2D eigenvalue weighted by molar-refractivity contribution is -0.126. The first-order chi connectivity index (χ1) is 15.4. The number of ether oxygens (including phenoxy) is 2. The van der Waals surface area contributed by atoms with Gasteiger partial charge in [0.1, 0.15) is 24.6 Å². The van der Waals surface area contributed by atoms with Crippen LogP contribution in [0.3, 0.4) is 0 Å². The molecule has 2 amide bonds. The molecule has 3 aromatic rings. The number of hydrogen-bond acceptors (Lipinski definition) is 6. The van der Waals surface area contributed by atoms with Crippen molar-refractivity contribution in [3.63, 3.8) is 0 Å². The van der Waals surface area contributed by atoms with Crippen LogP contribution in [0.25, 0.3) is 20.9 Å². The first-order valence-corrected chi connectivity index (χ1v) is 11.2. The van der Waals surface area contributed by atoms with Gasteiger partial charge in [-0.2, -0.15) is 0 Å². The Morgan fingerprint density at radius 1 is 1.12 bits per heavy atom. The van der Waals surface area contributed by atoms with Crippen molar-refractivity contribution >= 4 is 49.8 Å². The molecule has 0 saturated carbocycles. The maximum Gasteiger partial charge on any atom is 0.262 e. The van der Waals surface area contributed by atoms with E-state index in [0.29, 0.717) is 11.3 Å². The number of thiophene rings is 1. The van der Waals surface area contributed by atoms with Gasteiger partial charge in [-0.15, -0.1) is 11.3 Å². The predicted octanol–water partition coefficient (Wildman–Crippen LogP) is 3.73. The van der Waals surface area contributed by atoms with Crippen molar-refractivity contribution in [2.45, 2.75) is 26.3 Å². The van der Waals surface area contributed by atoms with Crippen LogP contribution < -0.4 is 10.6 Å². The van der Waals surface area contributed by atoms with Gasteiger partial charge in [0.15, 0.2) is 6.79 Å². The molecule has 4 rings (SSSR count). The summed E-state index contributed by atoms with van der Waals surface area (Å²) in [4.78, 5) is 38.6. The summed E-state index contributed by atoms with van der Waals surface area (Å²) in [5.74, 6) is -1.03. The molecule has 0 aliphatic carbocycles. The Labute approximate surface area is 189 Å². The third kappa shape index (κ3) is 4.81. The lowest BCUT2D eigenvalue weighted by atomic mass is 10.0. The molecule has 1 aromatic heterocycles. The van der Waals surface area contributed by atoms with Crippen molar-refractivity contribution in [2.75, 3.05) is 13.4 Å². The molecule has 0 bridgehead atoms. The molecule has 0 fully saturated rings. The van der Waals surface area contributed by atoms with E-state index in [1.54, 1.807) is 0 Å². The van der Waals surface area contributed by atoms with Crippen LogP contribution in [0.4, 0.5) is 0 Å². The highest BCUT2D eigenvalue weighted by molar-refractivity contribution is 7.21. The Morgan fingerprint density at radius 3 is 2.72 bits per heavy atom. The molecule has 7 nitrogen and oxygen atoms in total. The summed E-state index contributed by atoms with van der Waals surface area (Å²) in [7, 11) is 0. The summed E-state index contributed by atoms with van der Waals surface area (Å²) < 4.78 is 11.1. The first-order valence-electron chi connectivity index (χ1n) is 10.4. The van der Waals surface area contributed by atoms with Gasteiger partial charge < -0.3 is 20.1 Å². The molecule has 0 spiro atoms. The van der Waals surface area contributed by atoms with E-state index in [-0.39, 0.29) is 36.7 Å². The van der Waals surface area contributed by atoms with Crippen LogP contribution >= 0.6 is 11.3 Å². The van der Waals surface area contributed by atoms with Crippen LogP contribution in [0.2, 0.25) is 0 Å². The summed E-state index contributed by atoms with van der Waals surface area (Å²) in [5.41, 5.74) is 0.0174. The first kappa shape index (κ1) is 22.0. The van der Waals surface area contributed by atoms with E-state index in [9.17, 15) is 14.4 Å². The van der Waals surface area contributed by atoms with Gasteiger partial charge in [0.2, 0.25) is 11.7 Å². The average Bonchev–Trinajstić information content (AvgIpc) is 3.12. The van der Waals surface area contributed by atoms with Crippen LogP contribution in [0.5, 0.6) is 0 Å². The molecule has 0 saturated heterocycles. The number of carbonyl (C=O) groups is 3. The Balaban J connectivity index is 1.55. The molecule has 8 heteroatoms. The lowest BCUT2D eigenvalue weighted by Crippen LogP contribution is -2.47. The minimum absolute atomic E-state index is 0.0174. The van der Waals surface area contributed by atoms with Gasteiger partial charge in [-0.25, -0.2) is 0 Å². The summed E-state index contributed by atoms with van der Waals surface area (Å²) in [6, 6.07) is 13.1. The van der Waals surface area contributed by atoms with E-state index in [1.165, 1.54) is 17.6 Å². The number of benzene rings is 2. The fourth-order valence-electron chi connectivity index (χ4n) is 3.57. The molecule has 166 valence electrons. The van der Waals surface area contributed by atoms with Crippen LogP contribution in [0.1, 0.15) is 29.9 Å². The maximum absolute atomic E-state index is 13.1. The van der Waals surface area contributed by atoms with E-state index >= 15 is 0 Å². The van der Waals surface area contributed by atoms with E-state index in [4.69, 9.17) is 9.47 Å². The van der Waals surface area contributed by atoms with Crippen molar-refractivity contribution in [3.8, 4) is 0 Å². The highest BCUT2D eigenvalue weighted by atomic mass is 32.1. The van der Waals surface area contributed by atoms with Crippen molar-refractivity contribution in [1.82, 2.24) is 10.6 Å². The topological polar surface area (TPSA) is 93.7 Å². The zero-order valence-electron chi connectivity index (χ0n) is 17.8. The summed E-state index contributed by atoms with van der Waals surface area (Å²) in [5, 5.41) is 8.60. The number of carbonyl (C=O) groups excluding carboxylic acids is 3. The van der Waals surface area contributed by atoms with Crippen molar-refractivity contribution in [1.29, 1.82) is 0 Å². The third-order valence-electron chi connectivity index (χ3n) is 5.11. The third-order valence-corrected chi connectivity index (χ3v) is 6.29. The van der Waals surface area contributed by atoms with Gasteiger partial charge in [0.05, 0.1) is 4.88 Å². The van der Waals surface area contributed by atoms with Gasteiger partial charge in [0.25, 0.3) is 5.91 Å². The molecule has 2 aromatic carbocycles. The number of nitrogens with one attached hydrogen (secondary N) is 2. The largest absolute Gasteiger partial charge is 0.473 e. The highest BCUT2D eigenvalue weighted by Crippen LogP contribution is 2.32. The Morgan fingerprint density at radius 2 is 1.91 bits per heavy atom. The highest BCUT2D eigenvalue weighted by Gasteiger charge is 2.26. The normalized spacial score (nSPS) is 15.2. The van der Waals surface area contributed by atoms with Crippen molar-refractivity contribution in [3.05, 3.63) is 59.3 Å². The number of ketones is 1. The van der Waals surface area contributed by atoms with Gasteiger partial charge >= 0.3 is 0 Å². The molecule has 2 N–H and O–H groups in total. The van der Waals surface area contributed by atoms with Gasteiger partial charge in [-0.1, -0.05) is 50.2 Å². The number of Topliss-reactive ketones (excluding diaryl/α,β-unsaturated/α-hetero) is 1. The van der Waals surface area contributed by atoms with Gasteiger partial charge in [-0.05, 0) is 34.6 Å². The fraction of sp³-hybridized carbons (Fsp3) is 0.292. The number of amides is 2. The molecule has 2 heterocycles. The van der Waals surface area contributed by atoms with E-state index in [2.05, 4.69) is 10.6 Å². The standard InChI is InChI=1S/C24H24N2O5S/c1-14(2)9-18(23(28)26-19-11-30-13-31-12-20(19)27)25-24(29)21-10-16-8-7-15-5-3-4-6-17(15)22(16)32-21/h3-8,10-11,14,18H,9,12-13H2,1-2H3,(H,25,29)(H,26,28)/t18-/m0/s1. The monoisotopic (exact) mass is 452 g/mol. The van der Waals surface area contributed by atoms with E-state index in [1.807, 2.05) is 56.3 Å². The average molecular weight is 453 g/mol. The number of hydrogen-bond donors (Lipinski definition) is 2. The number of fused-ring (bicyclic) bond motifs is 3. The second kappa shape index (κ2) is 9.50. The van der Waals surface area contributed by atoms with Gasteiger partial charge in [-0.3, -0.25) is 14.4 Å². The molecule has 1 atom stereocenters. The van der Waals surface area contributed by atoms with E-state index < -0.39 is 11.9 Å². The molecule has 1 aliphatic heterocycles. The molecule has 0 radical (unpaired) electrons. The lowest BCUT2D eigenvalue weighted by Gasteiger charge is -2.20. The van der Waals surface area contributed by atoms with E-state index in [0.717, 1.165) is 20.9 Å².